The Labute approximate surface area is 364 Å². The number of Topliss-reactive ketones (excluding diaryl/α,β-unsaturated/α-hetero) is 1. The van der Waals surface area contributed by atoms with Crippen LogP contribution in [-0.2, 0) is 23.8 Å². The van der Waals surface area contributed by atoms with Crippen LogP contribution in [0.3, 0.4) is 0 Å². The summed E-state index contributed by atoms with van der Waals surface area (Å²) in [5.41, 5.74) is -8.99. The Bertz CT molecular complexity index is 2070. The van der Waals surface area contributed by atoms with Crippen LogP contribution in [0.15, 0.2) is 11.1 Å². The maximum absolute atomic E-state index is 15.3. The second kappa shape index (κ2) is 14.3. The van der Waals surface area contributed by atoms with Gasteiger partial charge in [-0.15, -0.1) is 11.8 Å². The molecule has 62 heavy (non-hydrogen) atoms. The average molecular weight is 862 g/mol. The number of ketones is 1. The first-order valence-electron chi connectivity index (χ1n) is 23.4. The van der Waals surface area contributed by atoms with Crippen molar-refractivity contribution in [3.05, 3.63) is 11.1 Å². The molecule has 3 spiro atoms. The van der Waals surface area contributed by atoms with Gasteiger partial charge in [-0.25, -0.2) is 0 Å². The maximum atomic E-state index is 15.3. The van der Waals surface area contributed by atoms with Gasteiger partial charge in [0.25, 0.3) is 0 Å². The summed E-state index contributed by atoms with van der Waals surface area (Å²) in [6.07, 6.45) is 0.270. The van der Waals surface area contributed by atoms with Crippen molar-refractivity contribution < 1.29 is 54.4 Å². The number of rotatable bonds is 9. The smallest absolute Gasteiger partial charge is 0.244 e. The summed E-state index contributed by atoms with van der Waals surface area (Å²) in [6, 6.07) is -0.189. The number of allylic oxidation sites excluding steroid dienone is 1. The summed E-state index contributed by atoms with van der Waals surface area (Å²) < 4.78 is 18.2. The Hall–Kier alpha value is -2.44. The van der Waals surface area contributed by atoms with Crippen LogP contribution in [0, 0.1) is 69.0 Å². The number of carbonyl (C=O) groups excluding carboxylic acids is 2. The monoisotopic (exact) mass is 861 g/mol. The normalized spacial score (nSPS) is 50.8. The molecule has 340 valence electrons. The zero-order valence-corrected chi connectivity index (χ0v) is 37.0. The second-order valence-electron chi connectivity index (χ2n) is 21.8. The van der Waals surface area contributed by atoms with E-state index in [1.165, 1.54) is 6.92 Å². The number of carbonyl (C=O) groups is 2. The summed E-state index contributed by atoms with van der Waals surface area (Å²) in [6.45, 7) is 9.06. The zero-order chi connectivity index (χ0) is 44.0. The lowest BCUT2D eigenvalue weighted by molar-refractivity contribution is -0.356. The summed E-state index contributed by atoms with van der Waals surface area (Å²) in [4.78, 5) is 32.1. The van der Waals surface area contributed by atoms with E-state index in [0.29, 0.717) is 75.9 Å². The van der Waals surface area contributed by atoms with Gasteiger partial charge < -0.3 is 55.1 Å². The third-order valence-electron chi connectivity index (χ3n) is 18.9. The fourth-order valence-electron chi connectivity index (χ4n) is 15.5. The van der Waals surface area contributed by atoms with Crippen LogP contribution >= 0.6 is 0 Å². The Morgan fingerprint density at radius 3 is 2.58 bits per heavy atom. The van der Waals surface area contributed by atoms with E-state index in [9.17, 15) is 30.6 Å². The molecular weight excluding hydrogens is 795 g/mol. The fourth-order valence-corrected chi connectivity index (χ4v) is 15.5. The van der Waals surface area contributed by atoms with E-state index in [4.69, 9.17) is 14.2 Å². The van der Waals surface area contributed by atoms with E-state index in [1.807, 2.05) is 6.92 Å². The van der Waals surface area contributed by atoms with E-state index in [-0.39, 0.29) is 56.2 Å². The van der Waals surface area contributed by atoms with Gasteiger partial charge in [-0.1, -0.05) is 25.7 Å². The Morgan fingerprint density at radius 2 is 1.82 bits per heavy atom. The lowest BCUT2D eigenvalue weighted by Crippen LogP contribution is -2.74. The van der Waals surface area contributed by atoms with Gasteiger partial charge in [0.15, 0.2) is 5.78 Å². The van der Waals surface area contributed by atoms with Crippen molar-refractivity contribution >= 4 is 11.7 Å². The molecule has 14 heteroatoms. The molecule has 11 rings (SSSR count). The van der Waals surface area contributed by atoms with Gasteiger partial charge in [-0.05, 0) is 106 Å². The highest BCUT2D eigenvalue weighted by molar-refractivity contribution is 6.01. The van der Waals surface area contributed by atoms with Gasteiger partial charge in [-0.2, -0.15) is 0 Å². The SMILES string of the molecule is COCCCOC1CCC2(C)C(C1)C(=O)C1=C3C24C#CCC2CN2C(=O)C25CC#CC6(CC(CC1)C3(O)C6(C)CC4)C(C)(O)C(O)(O)C1OC(C(O)N2)C(C5)C1CNCC(C)O. The van der Waals surface area contributed by atoms with E-state index in [2.05, 4.69) is 41.2 Å². The number of aliphatic hydroxyl groups is 6. The topological polar surface area (TPSA) is 210 Å². The highest BCUT2D eigenvalue weighted by atomic mass is 16.6. The molecule has 17 unspecified atom stereocenters. The lowest BCUT2D eigenvalue weighted by atomic mass is 9.36. The maximum Gasteiger partial charge on any atom is 0.244 e. The number of hydrogen-bond acceptors (Lipinski definition) is 13. The number of hydrogen-bond donors (Lipinski definition) is 8. The highest BCUT2D eigenvalue weighted by Crippen LogP contribution is 2.80. The predicted octanol–water partition coefficient (Wildman–Crippen LogP) is 0.889. The van der Waals surface area contributed by atoms with Crippen LogP contribution in [-0.4, -0.2) is 146 Å². The first-order valence-corrected chi connectivity index (χ1v) is 23.4. The third-order valence-corrected chi connectivity index (χ3v) is 18.9. The van der Waals surface area contributed by atoms with Gasteiger partial charge in [0, 0.05) is 70.1 Å². The van der Waals surface area contributed by atoms with E-state index in [0.717, 1.165) is 12.8 Å². The van der Waals surface area contributed by atoms with Crippen LogP contribution in [0.1, 0.15) is 105 Å². The van der Waals surface area contributed by atoms with Crippen LogP contribution in [0.5, 0.6) is 0 Å². The molecule has 7 bridgehead atoms. The summed E-state index contributed by atoms with van der Waals surface area (Å²) in [5, 5.41) is 82.1. The fraction of sp³-hybridized carbons (Fsp3) is 0.833. The molecule has 0 aromatic rings. The van der Waals surface area contributed by atoms with Gasteiger partial charge in [0.05, 0.1) is 34.7 Å². The molecule has 0 aromatic carbocycles. The number of amides is 1. The number of fused-ring (bicyclic) bond motifs is 4. The summed E-state index contributed by atoms with van der Waals surface area (Å²) >= 11 is 0. The lowest BCUT2D eigenvalue weighted by Gasteiger charge is -2.68. The minimum absolute atomic E-state index is 0.0264. The van der Waals surface area contributed by atoms with Crippen LogP contribution in [0.25, 0.3) is 0 Å². The highest BCUT2D eigenvalue weighted by Gasteiger charge is 2.84. The molecule has 5 aliphatic heterocycles. The zero-order valence-electron chi connectivity index (χ0n) is 37.0. The van der Waals surface area contributed by atoms with Crippen molar-refractivity contribution in [1.82, 2.24) is 15.5 Å². The third kappa shape index (κ3) is 5.41. The minimum Gasteiger partial charge on any atom is -0.392 e. The molecular formula is C48H67N3O11. The quantitative estimate of drug-likeness (QED) is 0.0703. The predicted molar refractivity (Wildman–Crippen MR) is 223 cm³/mol. The van der Waals surface area contributed by atoms with Crippen molar-refractivity contribution in [2.24, 2.45) is 45.3 Å². The second-order valence-corrected chi connectivity index (χ2v) is 21.8. The Morgan fingerprint density at radius 1 is 1.03 bits per heavy atom. The number of nitrogens with zero attached hydrogens (tertiary/aromatic N) is 1. The van der Waals surface area contributed by atoms with Crippen LogP contribution in [0.4, 0.5) is 0 Å². The van der Waals surface area contributed by atoms with Crippen molar-refractivity contribution in [2.45, 2.75) is 164 Å². The molecule has 5 heterocycles. The van der Waals surface area contributed by atoms with Crippen molar-refractivity contribution in [1.29, 1.82) is 0 Å². The summed E-state index contributed by atoms with van der Waals surface area (Å²) in [7, 11) is 1.67. The molecule has 3 saturated heterocycles. The number of ether oxygens (including phenoxy) is 3. The molecule has 6 fully saturated rings. The van der Waals surface area contributed by atoms with E-state index in [1.54, 1.807) is 18.9 Å². The average Bonchev–Trinajstić information content (AvgIpc) is 3.84. The molecule has 3 saturated carbocycles. The van der Waals surface area contributed by atoms with Gasteiger partial charge in [-0.3, -0.25) is 14.9 Å². The number of piperidine rings is 1. The van der Waals surface area contributed by atoms with Crippen LogP contribution < -0.4 is 10.6 Å². The molecule has 1 amide bonds. The number of nitrogens with one attached hydrogen (secondary N) is 2. The Balaban J connectivity index is 1.18. The first kappa shape index (κ1) is 43.5. The molecule has 0 aromatic heterocycles. The van der Waals surface area contributed by atoms with Crippen LogP contribution in [0.2, 0.25) is 0 Å². The van der Waals surface area contributed by atoms with Gasteiger partial charge >= 0.3 is 0 Å². The molecule has 8 N–H and O–H groups in total. The standard InChI is InChI=1S/C48H67N3O11/c1-27(52)24-49-25-33-32-23-45-14-7-15-46(43(4,56)48(58,59)38(33)62-36(32)39(54)50-45)22-28-10-11-31-35(53)34-21-30(61-20-8-19-60-5)12-16-41(34,2)44(13-6-9-29-26-51(29)40(45)55)18-17-42(46,3)47(28,57)37(31)44/h27-30,32-34,36,38-39,49-50,52,54,56-59H,8-12,14,16-26H2,1-5H3. The van der Waals surface area contributed by atoms with Crippen molar-refractivity contribution in [2.75, 3.05) is 40.0 Å². The van der Waals surface area contributed by atoms with Gasteiger partial charge in [0.2, 0.25) is 11.7 Å². The minimum atomic E-state index is -3.01. The molecule has 6 aliphatic carbocycles. The Kier molecular flexibility index (Phi) is 10.0. The van der Waals surface area contributed by atoms with Crippen molar-refractivity contribution in [3.63, 3.8) is 0 Å². The largest absolute Gasteiger partial charge is 0.392 e. The molecule has 11 aliphatic rings. The van der Waals surface area contributed by atoms with Gasteiger partial charge in [0.1, 0.15) is 29.6 Å². The molecule has 17 atom stereocenters. The van der Waals surface area contributed by atoms with E-state index < -0.39 is 92.4 Å². The van der Waals surface area contributed by atoms with E-state index >= 15 is 9.59 Å². The van der Waals surface area contributed by atoms with Crippen molar-refractivity contribution in [3.8, 4) is 23.7 Å². The number of methoxy groups -OCH3 is 1. The number of aliphatic hydroxyl groups excluding tert-OH is 2. The molecule has 14 nitrogen and oxygen atoms in total. The first-order chi connectivity index (χ1) is 29.3. The molecule has 0 radical (unpaired) electrons. The summed E-state index contributed by atoms with van der Waals surface area (Å²) in [5.74, 6) is 8.78.